The summed E-state index contributed by atoms with van der Waals surface area (Å²) in [6.07, 6.45) is 2.83. The predicted octanol–water partition coefficient (Wildman–Crippen LogP) is 0.885. The van der Waals surface area contributed by atoms with Gasteiger partial charge >= 0.3 is 5.97 Å². The third-order valence-corrected chi connectivity index (χ3v) is 4.41. The van der Waals surface area contributed by atoms with Crippen LogP contribution >= 0.6 is 0 Å². The molecule has 0 atom stereocenters. The number of aromatic nitrogens is 2. The quantitative estimate of drug-likeness (QED) is 0.884. The lowest BCUT2D eigenvalue weighted by Gasteiger charge is -2.35. The first-order valence-corrected chi connectivity index (χ1v) is 7.68. The molecule has 1 aromatic heterocycles. The molecule has 0 aliphatic carbocycles. The van der Waals surface area contributed by atoms with Crippen LogP contribution in [0.1, 0.15) is 25.8 Å². The van der Waals surface area contributed by atoms with Crippen LogP contribution < -0.4 is 9.80 Å². The summed E-state index contributed by atoms with van der Waals surface area (Å²) in [6, 6.07) is 0. The van der Waals surface area contributed by atoms with Crippen LogP contribution in [0.3, 0.4) is 0 Å². The van der Waals surface area contributed by atoms with Crippen molar-refractivity contribution in [3.63, 3.8) is 0 Å². The number of hydrogen-bond acceptors (Lipinski definition) is 6. The second-order valence-electron chi connectivity index (χ2n) is 6.28. The highest BCUT2D eigenvalue weighted by molar-refractivity contribution is 5.82. The van der Waals surface area contributed by atoms with Crippen molar-refractivity contribution in [2.24, 2.45) is 0 Å². The minimum Gasteiger partial charge on any atom is -0.481 e. The van der Waals surface area contributed by atoms with E-state index in [2.05, 4.69) is 19.8 Å². The van der Waals surface area contributed by atoms with Crippen LogP contribution in [-0.4, -0.2) is 60.4 Å². The number of morpholine rings is 1. The van der Waals surface area contributed by atoms with E-state index in [0.29, 0.717) is 24.7 Å². The van der Waals surface area contributed by atoms with Gasteiger partial charge in [0.05, 0.1) is 18.6 Å². The SMILES string of the molecule is CC(C)(C(=O)O)c1cnc(N2CCC2)nc1N1CCOCC1. The van der Waals surface area contributed by atoms with Crippen molar-refractivity contribution in [3.8, 4) is 0 Å². The van der Waals surface area contributed by atoms with Crippen LogP contribution in [0.15, 0.2) is 6.20 Å². The fourth-order valence-corrected chi connectivity index (χ4v) is 2.60. The Labute approximate surface area is 129 Å². The molecule has 0 spiro atoms. The maximum Gasteiger partial charge on any atom is 0.313 e. The minimum absolute atomic E-state index is 0.635. The molecule has 0 bridgehead atoms. The van der Waals surface area contributed by atoms with E-state index in [1.807, 2.05) is 0 Å². The number of aliphatic carboxylic acids is 1. The molecule has 3 heterocycles. The number of anilines is 2. The number of rotatable bonds is 4. The van der Waals surface area contributed by atoms with Crippen LogP contribution in [0.4, 0.5) is 11.8 Å². The molecule has 2 aliphatic heterocycles. The Bertz CT molecular complexity index is 566. The molecule has 7 nitrogen and oxygen atoms in total. The molecule has 22 heavy (non-hydrogen) atoms. The monoisotopic (exact) mass is 306 g/mol. The molecule has 0 saturated carbocycles. The van der Waals surface area contributed by atoms with E-state index in [1.165, 1.54) is 0 Å². The van der Waals surface area contributed by atoms with E-state index in [0.717, 1.165) is 38.4 Å². The van der Waals surface area contributed by atoms with Crippen molar-refractivity contribution in [3.05, 3.63) is 11.8 Å². The minimum atomic E-state index is -1.03. The number of hydrogen-bond donors (Lipinski definition) is 1. The Morgan fingerprint density at radius 1 is 1.23 bits per heavy atom. The van der Waals surface area contributed by atoms with Crippen molar-refractivity contribution >= 4 is 17.7 Å². The summed E-state index contributed by atoms with van der Waals surface area (Å²) >= 11 is 0. The smallest absolute Gasteiger partial charge is 0.313 e. The normalized spacial score (nSPS) is 19.0. The zero-order valence-electron chi connectivity index (χ0n) is 13.1. The van der Waals surface area contributed by atoms with Crippen molar-refractivity contribution < 1.29 is 14.6 Å². The van der Waals surface area contributed by atoms with Crippen molar-refractivity contribution in [1.29, 1.82) is 0 Å². The predicted molar refractivity (Wildman–Crippen MR) is 82.6 cm³/mol. The maximum atomic E-state index is 11.6. The van der Waals surface area contributed by atoms with Gasteiger partial charge in [0.15, 0.2) is 0 Å². The summed E-state index contributed by atoms with van der Waals surface area (Å²) in [6.45, 7) is 8.03. The summed E-state index contributed by atoms with van der Waals surface area (Å²) in [5.74, 6) is 0.549. The van der Waals surface area contributed by atoms with Gasteiger partial charge in [0.1, 0.15) is 5.82 Å². The van der Waals surface area contributed by atoms with Gasteiger partial charge in [0.25, 0.3) is 0 Å². The Morgan fingerprint density at radius 3 is 2.45 bits per heavy atom. The van der Waals surface area contributed by atoms with Crippen LogP contribution in [0.5, 0.6) is 0 Å². The van der Waals surface area contributed by atoms with Crippen LogP contribution in [-0.2, 0) is 14.9 Å². The summed E-state index contributed by atoms with van der Waals surface area (Å²) in [5, 5.41) is 9.54. The van der Waals surface area contributed by atoms with E-state index in [-0.39, 0.29) is 0 Å². The molecular weight excluding hydrogens is 284 g/mol. The molecule has 0 unspecified atom stereocenters. The van der Waals surface area contributed by atoms with Gasteiger partial charge in [0.2, 0.25) is 5.95 Å². The van der Waals surface area contributed by atoms with Gasteiger partial charge in [-0.2, -0.15) is 4.98 Å². The van der Waals surface area contributed by atoms with E-state index >= 15 is 0 Å². The standard InChI is InChI=1S/C15H22N4O3/c1-15(2,13(20)21)11-10-16-14(19-4-3-5-19)17-12(11)18-6-8-22-9-7-18/h10H,3-9H2,1-2H3,(H,20,21). The van der Waals surface area contributed by atoms with Gasteiger partial charge in [-0.3, -0.25) is 4.79 Å². The fraction of sp³-hybridized carbons (Fsp3) is 0.667. The third kappa shape index (κ3) is 2.61. The lowest BCUT2D eigenvalue weighted by molar-refractivity contribution is -0.142. The number of nitrogens with zero attached hydrogens (tertiary/aromatic N) is 4. The second-order valence-corrected chi connectivity index (χ2v) is 6.28. The maximum absolute atomic E-state index is 11.6. The van der Waals surface area contributed by atoms with Gasteiger partial charge in [-0.25, -0.2) is 4.98 Å². The molecule has 1 aromatic rings. The first-order valence-electron chi connectivity index (χ1n) is 7.68. The number of carboxylic acids is 1. The second kappa shape index (κ2) is 5.72. The van der Waals surface area contributed by atoms with Crippen molar-refractivity contribution in [2.45, 2.75) is 25.7 Å². The zero-order chi connectivity index (χ0) is 15.7. The number of carboxylic acid groups (broad SMARTS) is 1. The lowest BCUT2D eigenvalue weighted by atomic mass is 9.85. The highest BCUT2D eigenvalue weighted by atomic mass is 16.5. The fourth-order valence-electron chi connectivity index (χ4n) is 2.60. The number of ether oxygens (including phenoxy) is 1. The van der Waals surface area contributed by atoms with Crippen molar-refractivity contribution in [2.75, 3.05) is 49.2 Å². The molecule has 2 aliphatic rings. The average Bonchev–Trinajstić information content (AvgIpc) is 2.46. The van der Waals surface area contributed by atoms with E-state index in [1.54, 1.807) is 20.0 Å². The Morgan fingerprint density at radius 2 is 1.91 bits per heavy atom. The molecular formula is C15H22N4O3. The highest BCUT2D eigenvalue weighted by Gasteiger charge is 2.35. The molecule has 3 rings (SSSR count). The third-order valence-electron chi connectivity index (χ3n) is 4.41. The Balaban J connectivity index is 2.01. The molecule has 0 amide bonds. The van der Waals surface area contributed by atoms with Gasteiger partial charge in [-0.05, 0) is 20.3 Å². The molecule has 2 saturated heterocycles. The molecule has 0 aromatic carbocycles. The van der Waals surface area contributed by atoms with E-state index in [4.69, 9.17) is 4.74 Å². The van der Waals surface area contributed by atoms with Gasteiger partial charge in [-0.1, -0.05) is 0 Å². The summed E-state index contributed by atoms with van der Waals surface area (Å²) in [5.41, 5.74) is -0.368. The largest absolute Gasteiger partial charge is 0.481 e. The number of carbonyl (C=O) groups is 1. The Kier molecular flexibility index (Phi) is 3.90. The van der Waals surface area contributed by atoms with Gasteiger partial charge in [-0.15, -0.1) is 0 Å². The first-order chi connectivity index (χ1) is 10.5. The zero-order valence-corrected chi connectivity index (χ0v) is 13.1. The van der Waals surface area contributed by atoms with Crippen LogP contribution in [0.25, 0.3) is 0 Å². The average molecular weight is 306 g/mol. The topological polar surface area (TPSA) is 78.8 Å². The molecule has 120 valence electrons. The molecule has 7 heteroatoms. The Hall–Kier alpha value is -1.89. The summed E-state index contributed by atoms with van der Waals surface area (Å²) in [4.78, 5) is 24.9. The van der Waals surface area contributed by atoms with Crippen LogP contribution in [0, 0.1) is 0 Å². The van der Waals surface area contributed by atoms with Gasteiger partial charge in [0, 0.05) is 37.9 Å². The summed E-state index contributed by atoms with van der Waals surface area (Å²) < 4.78 is 5.39. The molecule has 2 fully saturated rings. The summed E-state index contributed by atoms with van der Waals surface area (Å²) in [7, 11) is 0. The molecule has 0 radical (unpaired) electrons. The van der Waals surface area contributed by atoms with Crippen molar-refractivity contribution in [1.82, 2.24) is 9.97 Å². The van der Waals surface area contributed by atoms with Gasteiger partial charge < -0.3 is 19.6 Å². The molecule has 1 N–H and O–H groups in total. The van der Waals surface area contributed by atoms with E-state index in [9.17, 15) is 9.90 Å². The highest BCUT2D eigenvalue weighted by Crippen LogP contribution is 2.33. The lowest BCUT2D eigenvalue weighted by Crippen LogP contribution is -2.42. The first kappa shape index (κ1) is 15.0. The van der Waals surface area contributed by atoms with E-state index < -0.39 is 11.4 Å². The van der Waals surface area contributed by atoms with Crippen LogP contribution in [0.2, 0.25) is 0 Å².